The average molecular weight is 568 g/mol. The minimum Gasteiger partial charge on any atom is -0.481 e. The van der Waals surface area contributed by atoms with Crippen molar-refractivity contribution in [3.05, 3.63) is 29.3 Å². The van der Waals surface area contributed by atoms with E-state index in [1.165, 1.54) is 19.3 Å². The third kappa shape index (κ3) is 15.1. The lowest BCUT2D eigenvalue weighted by Crippen LogP contribution is -2.36. The number of amides is 2. The molecule has 0 aliphatic rings. The molecule has 1 aromatic carbocycles. The van der Waals surface area contributed by atoms with Crippen LogP contribution in [0.2, 0.25) is 0 Å². The zero-order valence-corrected chi connectivity index (χ0v) is 23.1. The van der Waals surface area contributed by atoms with Crippen molar-refractivity contribution in [2.75, 3.05) is 6.54 Å². The van der Waals surface area contributed by atoms with Gasteiger partial charge in [0.2, 0.25) is 5.91 Å². The van der Waals surface area contributed by atoms with Crippen LogP contribution in [0.5, 0.6) is 0 Å². The van der Waals surface area contributed by atoms with E-state index in [0.717, 1.165) is 76.3 Å². The molecule has 1 atom stereocenters. The molecule has 40 heavy (non-hydrogen) atoms. The van der Waals surface area contributed by atoms with Gasteiger partial charge >= 0.3 is 13.1 Å². The van der Waals surface area contributed by atoms with Gasteiger partial charge in [0.25, 0.3) is 5.91 Å². The first-order chi connectivity index (χ1) is 19.2. The Morgan fingerprint density at radius 3 is 1.82 bits per heavy atom. The number of unbranched alkanes of at least 4 members (excludes halogenated alkanes) is 12. The summed E-state index contributed by atoms with van der Waals surface area (Å²) in [6.45, 7) is 0.348. The van der Waals surface area contributed by atoms with Crippen molar-refractivity contribution in [1.82, 2.24) is 10.6 Å². The fraction of sp³-hybridized carbons (Fsp3) is 0.643. The second-order valence-corrected chi connectivity index (χ2v) is 10.0. The van der Waals surface area contributed by atoms with Crippen molar-refractivity contribution in [3.63, 3.8) is 0 Å². The van der Waals surface area contributed by atoms with E-state index in [1.807, 2.05) is 0 Å². The SMILES string of the molecule is O=C[C@H](CCC(=O)O)NC(=O)CCCCCCCCCCCCCCCNC(=O)c1ccc(B(O)O)c(F)c1F. The number of carbonyl (C=O) groups is 4. The number of nitrogens with one attached hydrogen (secondary N) is 2. The first kappa shape index (κ1) is 35.2. The minimum absolute atomic E-state index is 0.106. The van der Waals surface area contributed by atoms with Gasteiger partial charge in [-0.25, -0.2) is 8.78 Å². The summed E-state index contributed by atoms with van der Waals surface area (Å²) >= 11 is 0. The van der Waals surface area contributed by atoms with Crippen LogP contribution in [0.1, 0.15) is 113 Å². The molecule has 0 aliphatic carbocycles. The van der Waals surface area contributed by atoms with Crippen molar-refractivity contribution in [2.45, 2.75) is 109 Å². The number of benzene rings is 1. The molecule has 1 rings (SSSR count). The maximum atomic E-state index is 14.0. The van der Waals surface area contributed by atoms with E-state index in [0.29, 0.717) is 19.3 Å². The van der Waals surface area contributed by atoms with Gasteiger partial charge < -0.3 is 30.6 Å². The van der Waals surface area contributed by atoms with Crippen molar-refractivity contribution in [1.29, 1.82) is 0 Å². The van der Waals surface area contributed by atoms with Gasteiger partial charge in [-0.3, -0.25) is 14.4 Å². The molecule has 9 nitrogen and oxygen atoms in total. The monoisotopic (exact) mass is 568 g/mol. The molecule has 0 bridgehead atoms. The van der Waals surface area contributed by atoms with Crippen molar-refractivity contribution < 1.29 is 43.1 Å². The van der Waals surface area contributed by atoms with Gasteiger partial charge in [-0.05, 0) is 25.3 Å². The fourth-order valence-electron chi connectivity index (χ4n) is 4.32. The topological polar surface area (TPSA) is 153 Å². The highest BCUT2D eigenvalue weighted by atomic mass is 19.2. The predicted molar refractivity (Wildman–Crippen MR) is 148 cm³/mol. The summed E-state index contributed by atoms with van der Waals surface area (Å²) in [5, 5.41) is 31.8. The second-order valence-electron chi connectivity index (χ2n) is 10.0. The molecule has 12 heteroatoms. The summed E-state index contributed by atoms with van der Waals surface area (Å²) in [4.78, 5) is 45.4. The molecule has 0 fully saturated rings. The molecule has 5 N–H and O–H groups in total. The number of aldehydes is 1. The summed E-state index contributed by atoms with van der Waals surface area (Å²) in [5.41, 5.74) is -1.09. The summed E-state index contributed by atoms with van der Waals surface area (Å²) in [7, 11) is -2.15. The summed E-state index contributed by atoms with van der Waals surface area (Å²) in [6, 6.07) is 1.27. The number of hydrogen-bond acceptors (Lipinski definition) is 6. The van der Waals surface area contributed by atoms with Crippen LogP contribution in [0.3, 0.4) is 0 Å². The fourth-order valence-corrected chi connectivity index (χ4v) is 4.32. The molecule has 0 spiro atoms. The summed E-state index contributed by atoms with van der Waals surface area (Å²) < 4.78 is 27.8. The lowest BCUT2D eigenvalue weighted by Gasteiger charge is -2.11. The number of rotatable bonds is 23. The highest BCUT2D eigenvalue weighted by molar-refractivity contribution is 6.58. The van der Waals surface area contributed by atoms with Crippen molar-refractivity contribution >= 4 is 36.7 Å². The van der Waals surface area contributed by atoms with Crippen LogP contribution in [0.15, 0.2) is 12.1 Å². The molecule has 0 saturated heterocycles. The highest BCUT2D eigenvalue weighted by Gasteiger charge is 2.24. The smallest absolute Gasteiger partial charge is 0.481 e. The van der Waals surface area contributed by atoms with Crippen LogP contribution in [0.25, 0.3) is 0 Å². The quantitative estimate of drug-likeness (QED) is 0.0771. The Hall–Kier alpha value is -2.86. The molecule has 1 aromatic rings. The van der Waals surface area contributed by atoms with Crippen LogP contribution in [-0.2, 0) is 14.4 Å². The normalized spacial score (nSPS) is 11.6. The number of hydrogen-bond donors (Lipinski definition) is 5. The largest absolute Gasteiger partial charge is 0.491 e. The first-order valence-electron chi connectivity index (χ1n) is 14.3. The zero-order chi connectivity index (χ0) is 29.8. The molecule has 0 saturated carbocycles. The van der Waals surface area contributed by atoms with Crippen LogP contribution < -0.4 is 16.1 Å². The lowest BCUT2D eigenvalue weighted by molar-refractivity contribution is -0.137. The maximum absolute atomic E-state index is 14.0. The van der Waals surface area contributed by atoms with Crippen LogP contribution in [-0.4, -0.2) is 58.9 Å². The summed E-state index contributed by atoms with van der Waals surface area (Å²) in [5.74, 6) is -4.79. The predicted octanol–water partition coefficient (Wildman–Crippen LogP) is 3.38. The van der Waals surface area contributed by atoms with E-state index in [1.54, 1.807) is 0 Å². The molecule has 0 radical (unpaired) electrons. The minimum atomic E-state index is -2.15. The van der Waals surface area contributed by atoms with Gasteiger partial charge in [-0.1, -0.05) is 76.7 Å². The van der Waals surface area contributed by atoms with E-state index >= 15 is 0 Å². The molecule has 0 aliphatic heterocycles. The van der Waals surface area contributed by atoms with Crippen molar-refractivity contribution in [3.8, 4) is 0 Å². The number of carboxylic acids is 1. The van der Waals surface area contributed by atoms with Crippen LogP contribution in [0, 0.1) is 11.6 Å². The molecule has 224 valence electrons. The number of carbonyl (C=O) groups excluding carboxylic acids is 3. The van der Waals surface area contributed by atoms with Gasteiger partial charge in [0, 0.05) is 24.8 Å². The number of halogens is 2. The molecule has 0 aromatic heterocycles. The van der Waals surface area contributed by atoms with Gasteiger partial charge in [-0.15, -0.1) is 0 Å². The van der Waals surface area contributed by atoms with E-state index in [2.05, 4.69) is 10.6 Å². The van der Waals surface area contributed by atoms with E-state index in [4.69, 9.17) is 15.2 Å². The van der Waals surface area contributed by atoms with E-state index < -0.39 is 47.7 Å². The maximum Gasteiger partial charge on any atom is 0.491 e. The van der Waals surface area contributed by atoms with Crippen LogP contribution in [0.4, 0.5) is 8.78 Å². The molecule has 0 heterocycles. The Labute approximate surface area is 235 Å². The van der Waals surface area contributed by atoms with Gasteiger partial charge in [-0.2, -0.15) is 0 Å². The number of carboxylic acid groups (broad SMARTS) is 1. The molecular formula is C28H43BF2N2O7. The average Bonchev–Trinajstić information content (AvgIpc) is 2.91. The molecule has 0 unspecified atom stereocenters. The second kappa shape index (κ2) is 21.0. The van der Waals surface area contributed by atoms with Crippen LogP contribution >= 0.6 is 0 Å². The van der Waals surface area contributed by atoms with Crippen molar-refractivity contribution in [2.24, 2.45) is 0 Å². The Bertz CT molecular complexity index is 934. The highest BCUT2D eigenvalue weighted by Crippen LogP contribution is 2.14. The van der Waals surface area contributed by atoms with Gasteiger partial charge in [0.05, 0.1) is 11.6 Å². The Morgan fingerprint density at radius 1 is 0.800 bits per heavy atom. The van der Waals surface area contributed by atoms with Gasteiger partial charge in [0.1, 0.15) is 6.29 Å². The van der Waals surface area contributed by atoms with E-state index in [9.17, 15) is 28.0 Å². The van der Waals surface area contributed by atoms with E-state index in [-0.39, 0.29) is 18.7 Å². The number of aliphatic carboxylic acids is 1. The molecular weight excluding hydrogens is 525 g/mol. The Morgan fingerprint density at radius 2 is 1.32 bits per heavy atom. The lowest BCUT2D eigenvalue weighted by atomic mass is 9.79. The Kier molecular flexibility index (Phi) is 18.4. The standard InChI is InChI=1S/C28H43BF2N2O7/c30-26-22(16-17-23(27(26)31)29(39)40)28(38)32-19-13-11-9-7-5-3-1-2-4-6-8-10-12-14-24(35)33-21(20-34)15-18-25(36)37/h16-17,20-21,39-40H,1-15,18-19H2,(H,32,38)(H,33,35)(H,36,37)/t21-/m0/s1. The third-order valence-electron chi connectivity index (χ3n) is 6.68. The first-order valence-corrected chi connectivity index (χ1v) is 14.3. The Balaban J connectivity index is 1.94. The summed E-state index contributed by atoms with van der Waals surface area (Å²) in [6.07, 6.45) is 14.3. The van der Waals surface area contributed by atoms with Gasteiger partial charge in [0.15, 0.2) is 11.6 Å². The molecule has 2 amide bonds. The third-order valence-corrected chi connectivity index (χ3v) is 6.68. The zero-order valence-electron chi connectivity index (χ0n) is 23.1.